The van der Waals surface area contributed by atoms with Crippen LogP contribution in [0.15, 0.2) is 42.5 Å². The molecule has 3 aliphatic carbocycles. The van der Waals surface area contributed by atoms with Gasteiger partial charge >= 0.3 is 0 Å². The second-order valence-corrected chi connectivity index (χ2v) is 12.6. The topological polar surface area (TPSA) is 78.3 Å². The summed E-state index contributed by atoms with van der Waals surface area (Å²) in [4.78, 5) is 20.8. The van der Waals surface area contributed by atoms with Gasteiger partial charge in [0.25, 0.3) is 5.91 Å². The van der Waals surface area contributed by atoms with E-state index >= 15 is 0 Å². The lowest BCUT2D eigenvalue weighted by Crippen LogP contribution is -2.41. The maximum Gasteiger partial charge on any atom is 0.254 e. The van der Waals surface area contributed by atoms with E-state index in [-0.39, 0.29) is 18.0 Å². The van der Waals surface area contributed by atoms with E-state index in [1.54, 1.807) is 7.11 Å². The molecule has 0 unspecified atom stereocenters. The van der Waals surface area contributed by atoms with Crippen molar-refractivity contribution in [2.75, 3.05) is 13.7 Å². The molecule has 4 fully saturated rings. The van der Waals surface area contributed by atoms with Gasteiger partial charge in [-0.2, -0.15) is 0 Å². The van der Waals surface area contributed by atoms with Crippen LogP contribution in [0, 0.1) is 17.8 Å². The molecule has 4 aromatic rings. The molecule has 3 atom stereocenters. The minimum atomic E-state index is 0.0321. The van der Waals surface area contributed by atoms with Crippen molar-refractivity contribution in [2.45, 2.75) is 57.2 Å². The van der Waals surface area contributed by atoms with Gasteiger partial charge in [0.15, 0.2) is 5.82 Å². The van der Waals surface area contributed by atoms with Crippen molar-refractivity contribution in [3.8, 4) is 17.3 Å². The number of fused-ring (bicyclic) bond motifs is 4. The predicted octanol–water partition coefficient (Wildman–Crippen LogP) is 5.60. The van der Waals surface area contributed by atoms with E-state index in [0.29, 0.717) is 17.2 Å². The molecule has 40 heavy (non-hydrogen) atoms. The number of carbonyl (C=O) groups is 1. The molecule has 3 saturated carbocycles. The highest BCUT2D eigenvalue weighted by atomic mass is 16.5. The zero-order valence-electron chi connectivity index (χ0n) is 23.3. The lowest BCUT2D eigenvalue weighted by molar-refractivity contribution is 0.0700. The summed E-state index contributed by atoms with van der Waals surface area (Å²) >= 11 is 0. The molecule has 2 aromatic carbocycles. The average molecular weight is 536 g/mol. The van der Waals surface area contributed by atoms with E-state index < -0.39 is 0 Å². The standard InChI is InChI=1S/C33H37N5O2/c1-36-31-25(14-24(16-29(31)40-2)33(39)38-18-23-11-12-26(38)30(23)34)35-32(36)28-15-22-10-9-20(6-5-19-3-4-19)13-27(22)37(28)17-21-7-8-21/h5-6,9-10,13-16,19,21,23,26,30H,3-4,7-8,11-12,17-18,34H2,1-2H3/b6-5+/t23-,26-,30+/m1/s1. The Morgan fingerprint density at radius 1 is 1.10 bits per heavy atom. The van der Waals surface area contributed by atoms with Crippen LogP contribution in [0.1, 0.15) is 54.4 Å². The lowest BCUT2D eigenvalue weighted by atomic mass is 10.1. The molecule has 4 aliphatic rings. The van der Waals surface area contributed by atoms with Crippen molar-refractivity contribution in [1.29, 1.82) is 0 Å². The number of ether oxygens (including phenoxy) is 1. The molecule has 206 valence electrons. The summed E-state index contributed by atoms with van der Waals surface area (Å²) in [5.41, 5.74) is 12.4. The van der Waals surface area contributed by atoms with Gasteiger partial charge in [-0.3, -0.25) is 4.79 Å². The third-order valence-corrected chi connectivity index (χ3v) is 9.79. The van der Waals surface area contributed by atoms with E-state index in [1.165, 1.54) is 42.1 Å². The van der Waals surface area contributed by atoms with Gasteiger partial charge in [-0.1, -0.05) is 24.3 Å². The number of hydrogen-bond acceptors (Lipinski definition) is 4. The number of amides is 1. The Bertz CT molecular complexity index is 1690. The van der Waals surface area contributed by atoms with Crippen LogP contribution in [0.2, 0.25) is 0 Å². The summed E-state index contributed by atoms with van der Waals surface area (Å²) in [6.07, 6.45) is 11.9. The van der Waals surface area contributed by atoms with E-state index in [4.69, 9.17) is 15.5 Å². The molecule has 2 aromatic heterocycles. The summed E-state index contributed by atoms with van der Waals surface area (Å²) in [7, 11) is 3.72. The molecule has 7 heteroatoms. The first kappa shape index (κ1) is 24.2. The first-order valence-electron chi connectivity index (χ1n) is 14.9. The number of aryl methyl sites for hydroxylation is 1. The highest BCUT2D eigenvalue weighted by Gasteiger charge is 2.47. The first-order chi connectivity index (χ1) is 19.5. The Hall–Kier alpha value is -3.58. The average Bonchev–Trinajstić information content (AvgIpc) is 3.87. The van der Waals surface area contributed by atoms with Crippen molar-refractivity contribution in [1.82, 2.24) is 19.0 Å². The first-order valence-corrected chi connectivity index (χ1v) is 14.9. The molecule has 1 saturated heterocycles. The molecule has 7 nitrogen and oxygen atoms in total. The molecule has 0 spiro atoms. The molecular weight excluding hydrogens is 498 g/mol. The number of likely N-dealkylation sites (tertiary alicyclic amines) is 1. The lowest BCUT2D eigenvalue weighted by Gasteiger charge is -2.27. The molecule has 2 bridgehead atoms. The fourth-order valence-electron chi connectivity index (χ4n) is 7.12. The number of allylic oxidation sites excluding steroid dienone is 1. The Morgan fingerprint density at radius 3 is 2.65 bits per heavy atom. The summed E-state index contributed by atoms with van der Waals surface area (Å²) in [6.45, 7) is 1.74. The number of methoxy groups -OCH3 is 1. The van der Waals surface area contributed by atoms with Gasteiger partial charge in [0.1, 0.15) is 11.3 Å². The van der Waals surface area contributed by atoms with Crippen molar-refractivity contribution >= 4 is 33.9 Å². The molecule has 1 amide bonds. The van der Waals surface area contributed by atoms with Crippen molar-refractivity contribution in [3.05, 3.63) is 53.6 Å². The largest absolute Gasteiger partial charge is 0.494 e. The van der Waals surface area contributed by atoms with Crippen molar-refractivity contribution in [3.63, 3.8) is 0 Å². The van der Waals surface area contributed by atoms with Crippen LogP contribution in [0.3, 0.4) is 0 Å². The highest BCUT2D eigenvalue weighted by molar-refractivity contribution is 6.00. The molecule has 2 N–H and O–H groups in total. The normalized spacial score (nSPS) is 24.3. The van der Waals surface area contributed by atoms with Gasteiger partial charge in [-0.15, -0.1) is 0 Å². The van der Waals surface area contributed by atoms with Crippen molar-refractivity contribution < 1.29 is 9.53 Å². The zero-order valence-corrected chi connectivity index (χ0v) is 23.3. The maximum atomic E-state index is 13.7. The SMILES string of the molecule is COc1cc(C(=O)N2C[C@H]3CC[C@@H]2[C@H]3N)cc2nc(-c3cc4ccc(/C=C/C5CC5)cc4n3CC3CC3)n(C)c12. The molecule has 0 radical (unpaired) electrons. The number of nitrogens with zero attached hydrogens (tertiary/aromatic N) is 4. The Morgan fingerprint density at radius 2 is 1.95 bits per heavy atom. The Labute approximate surface area is 234 Å². The summed E-state index contributed by atoms with van der Waals surface area (Å²) < 4.78 is 10.4. The van der Waals surface area contributed by atoms with E-state index in [9.17, 15) is 4.79 Å². The minimum absolute atomic E-state index is 0.0321. The number of aromatic nitrogens is 3. The molecule has 1 aliphatic heterocycles. The zero-order chi connectivity index (χ0) is 27.1. The van der Waals surface area contributed by atoms with Gasteiger partial charge in [0.05, 0.1) is 18.3 Å². The quantitative estimate of drug-likeness (QED) is 0.334. The Balaban J connectivity index is 1.22. The molecule has 8 rings (SSSR count). The number of piperidine rings is 1. The molecular formula is C33H37N5O2. The van der Waals surface area contributed by atoms with Crippen LogP contribution < -0.4 is 10.5 Å². The smallest absolute Gasteiger partial charge is 0.254 e. The minimum Gasteiger partial charge on any atom is -0.494 e. The third-order valence-electron chi connectivity index (χ3n) is 9.79. The predicted molar refractivity (Wildman–Crippen MR) is 158 cm³/mol. The fraction of sp³-hybridized carbons (Fsp3) is 0.455. The highest BCUT2D eigenvalue weighted by Crippen LogP contribution is 2.40. The van der Waals surface area contributed by atoms with Crippen LogP contribution in [0.5, 0.6) is 5.75 Å². The number of nitrogens with two attached hydrogens (primary N) is 1. The van der Waals surface area contributed by atoms with Crippen LogP contribution in [-0.2, 0) is 13.6 Å². The third kappa shape index (κ3) is 3.89. The van der Waals surface area contributed by atoms with Crippen LogP contribution in [-0.4, -0.2) is 50.7 Å². The van der Waals surface area contributed by atoms with Gasteiger partial charge in [0.2, 0.25) is 0 Å². The Kier molecular flexibility index (Phi) is 5.43. The summed E-state index contributed by atoms with van der Waals surface area (Å²) in [5.74, 6) is 3.49. The number of rotatable bonds is 7. The van der Waals surface area contributed by atoms with Crippen LogP contribution >= 0.6 is 0 Å². The van der Waals surface area contributed by atoms with E-state index in [1.807, 2.05) is 17.0 Å². The molecule has 3 heterocycles. The van der Waals surface area contributed by atoms with Crippen LogP contribution in [0.25, 0.3) is 39.5 Å². The fourth-order valence-corrected chi connectivity index (χ4v) is 7.12. The number of carbonyl (C=O) groups excluding carboxylic acids is 1. The van der Waals surface area contributed by atoms with Gasteiger partial charge in [0, 0.05) is 48.7 Å². The second kappa shape index (κ2) is 8.96. The summed E-state index contributed by atoms with van der Waals surface area (Å²) in [5, 5.41) is 1.23. The second-order valence-electron chi connectivity index (χ2n) is 12.6. The van der Waals surface area contributed by atoms with E-state index in [2.05, 4.69) is 52.6 Å². The van der Waals surface area contributed by atoms with Crippen molar-refractivity contribution in [2.24, 2.45) is 30.5 Å². The summed E-state index contributed by atoms with van der Waals surface area (Å²) in [6, 6.07) is 13.1. The maximum absolute atomic E-state index is 13.7. The number of benzene rings is 2. The number of hydrogen-bond donors (Lipinski definition) is 1. The van der Waals surface area contributed by atoms with Gasteiger partial charge < -0.3 is 24.5 Å². The van der Waals surface area contributed by atoms with Gasteiger partial charge in [-0.05, 0) is 86.1 Å². The van der Waals surface area contributed by atoms with Crippen LogP contribution in [0.4, 0.5) is 0 Å². The van der Waals surface area contributed by atoms with E-state index in [0.717, 1.165) is 60.3 Å². The monoisotopic (exact) mass is 535 g/mol. The van der Waals surface area contributed by atoms with Gasteiger partial charge in [-0.25, -0.2) is 4.98 Å². The number of imidazole rings is 1.